The van der Waals surface area contributed by atoms with E-state index in [1.165, 1.54) is 10.9 Å². The average molecular weight is 324 g/mol. The molecule has 0 saturated carbocycles. The van der Waals surface area contributed by atoms with Gasteiger partial charge < -0.3 is 19.6 Å². The Morgan fingerprint density at radius 2 is 1.87 bits per heavy atom. The topological polar surface area (TPSA) is 105 Å². The monoisotopic (exact) mass is 324 g/mol. The SMILES string of the molecule is CCOC(=O)N1CCN(C(=O)c2cnn(CCC(=O)O)c2)CC1. The fourth-order valence-corrected chi connectivity index (χ4v) is 2.30. The standard InChI is InChI=1S/C14H20N4O5/c1-2-23-14(22)17-7-5-16(6-8-17)13(21)11-9-15-18(10-11)4-3-12(19)20/h9-10H,2-8H2,1H3,(H,19,20). The third-order valence-electron chi connectivity index (χ3n) is 3.53. The lowest BCUT2D eigenvalue weighted by Crippen LogP contribution is -2.50. The predicted molar refractivity (Wildman–Crippen MR) is 79.0 cm³/mol. The molecule has 1 aliphatic heterocycles. The Labute approximate surface area is 133 Å². The van der Waals surface area contributed by atoms with Crippen LogP contribution in [0.1, 0.15) is 23.7 Å². The molecule has 126 valence electrons. The Bertz CT molecular complexity index is 577. The molecular weight excluding hydrogens is 304 g/mol. The third kappa shape index (κ3) is 4.44. The Morgan fingerprint density at radius 3 is 2.48 bits per heavy atom. The number of piperazine rings is 1. The summed E-state index contributed by atoms with van der Waals surface area (Å²) in [5.41, 5.74) is 0.417. The molecule has 2 heterocycles. The molecule has 23 heavy (non-hydrogen) atoms. The van der Waals surface area contributed by atoms with Gasteiger partial charge in [0.1, 0.15) is 0 Å². The highest BCUT2D eigenvalue weighted by molar-refractivity contribution is 5.93. The van der Waals surface area contributed by atoms with Crippen molar-refractivity contribution in [2.75, 3.05) is 32.8 Å². The molecule has 1 N–H and O–H groups in total. The van der Waals surface area contributed by atoms with E-state index >= 15 is 0 Å². The minimum atomic E-state index is -0.913. The number of ether oxygens (including phenoxy) is 1. The molecule has 0 unspecified atom stereocenters. The summed E-state index contributed by atoms with van der Waals surface area (Å²) in [7, 11) is 0. The molecule has 1 saturated heterocycles. The summed E-state index contributed by atoms with van der Waals surface area (Å²) in [6.45, 7) is 4.01. The van der Waals surface area contributed by atoms with Crippen molar-refractivity contribution in [3.63, 3.8) is 0 Å². The van der Waals surface area contributed by atoms with E-state index in [2.05, 4.69) is 5.10 Å². The number of carboxylic acids is 1. The van der Waals surface area contributed by atoms with E-state index in [1.54, 1.807) is 22.9 Å². The normalized spacial score (nSPS) is 14.7. The molecule has 0 spiro atoms. The van der Waals surface area contributed by atoms with Crippen molar-refractivity contribution in [2.45, 2.75) is 19.9 Å². The van der Waals surface area contributed by atoms with E-state index in [0.717, 1.165) is 0 Å². The molecule has 0 aliphatic carbocycles. The quantitative estimate of drug-likeness (QED) is 0.833. The molecule has 9 heteroatoms. The van der Waals surface area contributed by atoms with E-state index in [0.29, 0.717) is 38.3 Å². The molecule has 1 aromatic heterocycles. The first-order valence-corrected chi connectivity index (χ1v) is 7.46. The van der Waals surface area contributed by atoms with Crippen molar-refractivity contribution in [2.24, 2.45) is 0 Å². The summed E-state index contributed by atoms with van der Waals surface area (Å²) in [6.07, 6.45) is 2.57. The second-order valence-electron chi connectivity index (χ2n) is 5.11. The van der Waals surface area contributed by atoms with Gasteiger partial charge in [-0.1, -0.05) is 0 Å². The third-order valence-corrected chi connectivity index (χ3v) is 3.53. The molecule has 2 rings (SSSR count). The van der Waals surface area contributed by atoms with Crippen LogP contribution in [0.5, 0.6) is 0 Å². The van der Waals surface area contributed by atoms with Crippen LogP contribution in [0.2, 0.25) is 0 Å². The van der Waals surface area contributed by atoms with Crippen LogP contribution in [0.25, 0.3) is 0 Å². The van der Waals surface area contributed by atoms with Gasteiger partial charge in [0.2, 0.25) is 0 Å². The van der Waals surface area contributed by atoms with Crippen LogP contribution in [0.4, 0.5) is 4.79 Å². The van der Waals surface area contributed by atoms with Gasteiger partial charge in [-0.3, -0.25) is 14.3 Å². The van der Waals surface area contributed by atoms with Crippen LogP contribution >= 0.6 is 0 Å². The predicted octanol–water partition coefficient (Wildman–Crippen LogP) is 0.272. The zero-order valence-electron chi connectivity index (χ0n) is 13.0. The van der Waals surface area contributed by atoms with E-state index in [9.17, 15) is 14.4 Å². The number of aromatic nitrogens is 2. The molecular formula is C14H20N4O5. The van der Waals surface area contributed by atoms with E-state index in [-0.39, 0.29) is 25.0 Å². The summed E-state index contributed by atoms with van der Waals surface area (Å²) in [5.74, 6) is -1.08. The van der Waals surface area contributed by atoms with Crippen molar-refractivity contribution < 1.29 is 24.2 Å². The summed E-state index contributed by atoms with van der Waals surface area (Å²) in [6, 6.07) is 0. The number of rotatable bonds is 5. The maximum absolute atomic E-state index is 12.4. The minimum absolute atomic E-state index is 0.0481. The van der Waals surface area contributed by atoms with Gasteiger partial charge in [-0.25, -0.2) is 4.79 Å². The zero-order chi connectivity index (χ0) is 16.8. The van der Waals surface area contributed by atoms with E-state index < -0.39 is 5.97 Å². The lowest BCUT2D eigenvalue weighted by atomic mass is 10.2. The molecule has 0 aromatic carbocycles. The molecule has 0 atom stereocenters. The van der Waals surface area contributed by atoms with Gasteiger partial charge in [-0.05, 0) is 6.92 Å². The molecule has 0 bridgehead atoms. The smallest absolute Gasteiger partial charge is 0.409 e. The van der Waals surface area contributed by atoms with Crippen molar-refractivity contribution in [3.05, 3.63) is 18.0 Å². The molecule has 9 nitrogen and oxygen atoms in total. The molecule has 1 aliphatic rings. The fraction of sp³-hybridized carbons (Fsp3) is 0.571. The van der Waals surface area contributed by atoms with Crippen molar-refractivity contribution in [1.29, 1.82) is 0 Å². The summed E-state index contributed by atoms with van der Waals surface area (Å²) in [5, 5.41) is 12.6. The number of aliphatic carboxylic acids is 1. The number of carboxylic acid groups (broad SMARTS) is 1. The zero-order valence-corrected chi connectivity index (χ0v) is 13.0. The molecule has 1 fully saturated rings. The Hall–Kier alpha value is -2.58. The van der Waals surface area contributed by atoms with Gasteiger partial charge in [0.15, 0.2) is 0 Å². The lowest BCUT2D eigenvalue weighted by Gasteiger charge is -2.33. The van der Waals surface area contributed by atoms with Crippen LogP contribution in [0.3, 0.4) is 0 Å². The van der Waals surface area contributed by atoms with Crippen LogP contribution in [0, 0.1) is 0 Å². The van der Waals surface area contributed by atoms with Gasteiger partial charge in [-0.15, -0.1) is 0 Å². The number of nitrogens with zero attached hydrogens (tertiary/aromatic N) is 4. The summed E-state index contributed by atoms with van der Waals surface area (Å²) < 4.78 is 6.37. The highest BCUT2D eigenvalue weighted by atomic mass is 16.6. The van der Waals surface area contributed by atoms with Gasteiger partial charge in [0, 0.05) is 32.4 Å². The first kappa shape index (κ1) is 16.8. The first-order valence-electron chi connectivity index (χ1n) is 7.46. The number of amides is 2. The van der Waals surface area contributed by atoms with Gasteiger partial charge in [0.25, 0.3) is 5.91 Å². The number of carbonyl (C=O) groups is 3. The van der Waals surface area contributed by atoms with E-state index in [4.69, 9.17) is 9.84 Å². The molecule has 2 amide bonds. The van der Waals surface area contributed by atoms with Crippen LogP contribution in [-0.2, 0) is 16.1 Å². The van der Waals surface area contributed by atoms with Gasteiger partial charge >= 0.3 is 12.1 Å². The summed E-state index contributed by atoms with van der Waals surface area (Å²) >= 11 is 0. The second kappa shape index (κ2) is 7.61. The average Bonchev–Trinajstić information content (AvgIpc) is 3.01. The summed E-state index contributed by atoms with van der Waals surface area (Å²) in [4.78, 5) is 37.7. The maximum atomic E-state index is 12.4. The Balaban J connectivity index is 1.87. The number of aryl methyl sites for hydroxylation is 1. The number of hydrogen-bond acceptors (Lipinski definition) is 5. The highest BCUT2D eigenvalue weighted by Crippen LogP contribution is 2.09. The van der Waals surface area contributed by atoms with Crippen molar-refractivity contribution >= 4 is 18.0 Å². The number of carbonyl (C=O) groups excluding carboxylic acids is 2. The van der Waals surface area contributed by atoms with Crippen LogP contribution < -0.4 is 0 Å². The maximum Gasteiger partial charge on any atom is 0.409 e. The minimum Gasteiger partial charge on any atom is -0.481 e. The van der Waals surface area contributed by atoms with Crippen molar-refractivity contribution in [1.82, 2.24) is 19.6 Å². The fourth-order valence-electron chi connectivity index (χ4n) is 2.30. The largest absolute Gasteiger partial charge is 0.481 e. The molecule has 1 aromatic rings. The van der Waals surface area contributed by atoms with Crippen LogP contribution in [-0.4, -0.2) is 75.4 Å². The molecule has 0 radical (unpaired) electrons. The van der Waals surface area contributed by atoms with Gasteiger partial charge in [0.05, 0.1) is 31.3 Å². The second-order valence-corrected chi connectivity index (χ2v) is 5.11. The number of hydrogen-bond donors (Lipinski definition) is 1. The Morgan fingerprint density at radius 1 is 1.22 bits per heavy atom. The van der Waals surface area contributed by atoms with Gasteiger partial charge in [-0.2, -0.15) is 5.10 Å². The van der Waals surface area contributed by atoms with Crippen molar-refractivity contribution in [3.8, 4) is 0 Å². The highest BCUT2D eigenvalue weighted by Gasteiger charge is 2.26. The first-order chi connectivity index (χ1) is 11.0. The lowest BCUT2D eigenvalue weighted by molar-refractivity contribution is -0.137. The Kier molecular flexibility index (Phi) is 5.56. The van der Waals surface area contributed by atoms with E-state index in [1.807, 2.05) is 0 Å². The van der Waals surface area contributed by atoms with Crippen LogP contribution in [0.15, 0.2) is 12.4 Å².